The van der Waals surface area contributed by atoms with Gasteiger partial charge in [-0.3, -0.25) is 0 Å². The Hall–Kier alpha value is -0.120. The van der Waals surface area contributed by atoms with Crippen LogP contribution in [0.4, 0.5) is 0 Å². The van der Waals surface area contributed by atoms with Crippen molar-refractivity contribution in [2.24, 2.45) is 5.41 Å². The summed E-state index contributed by atoms with van der Waals surface area (Å²) in [4.78, 5) is 5.32. The number of nitrogens with one attached hydrogen (secondary N) is 1. The Balaban J connectivity index is 2.41. The second-order valence-corrected chi connectivity index (χ2v) is 6.50. The van der Waals surface area contributed by atoms with Gasteiger partial charge in [0.05, 0.1) is 0 Å². The summed E-state index contributed by atoms with van der Waals surface area (Å²) < 4.78 is 0. The summed E-state index contributed by atoms with van der Waals surface area (Å²) in [6.45, 7) is 19.2. The van der Waals surface area contributed by atoms with Crippen molar-refractivity contribution in [3.63, 3.8) is 0 Å². The van der Waals surface area contributed by atoms with E-state index in [1.54, 1.807) is 0 Å². The first-order valence-electron chi connectivity index (χ1n) is 8.85. The van der Waals surface area contributed by atoms with E-state index in [2.05, 4.69) is 42.8 Å². The number of hydrogen-bond acceptors (Lipinski definition) is 3. The van der Waals surface area contributed by atoms with Crippen LogP contribution >= 0.6 is 0 Å². The van der Waals surface area contributed by atoms with E-state index in [-0.39, 0.29) is 0 Å². The summed E-state index contributed by atoms with van der Waals surface area (Å²) in [6.07, 6.45) is 5.10. The predicted octanol–water partition coefficient (Wildman–Crippen LogP) is 2.82. The van der Waals surface area contributed by atoms with Crippen molar-refractivity contribution >= 4 is 0 Å². The number of piperazine rings is 1. The normalized spacial score (nSPS) is 18.6. The van der Waals surface area contributed by atoms with Gasteiger partial charge < -0.3 is 15.1 Å². The van der Waals surface area contributed by atoms with Crippen molar-refractivity contribution < 1.29 is 0 Å². The number of rotatable bonds is 10. The molecule has 0 amide bonds. The fourth-order valence-electron chi connectivity index (χ4n) is 3.27. The third kappa shape index (κ3) is 5.71. The van der Waals surface area contributed by atoms with Gasteiger partial charge in [-0.1, -0.05) is 27.7 Å². The van der Waals surface area contributed by atoms with Crippen LogP contribution in [-0.2, 0) is 0 Å². The average Bonchev–Trinajstić information content (AvgIpc) is 2.49. The molecule has 1 aliphatic rings. The van der Waals surface area contributed by atoms with Gasteiger partial charge in [-0.15, -0.1) is 0 Å². The molecule has 1 N–H and O–H groups in total. The van der Waals surface area contributed by atoms with Gasteiger partial charge in [-0.25, -0.2) is 0 Å². The van der Waals surface area contributed by atoms with E-state index in [0.29, 0.717) is 5.41 Å². The summed E-state index contributed by atoms with van der Waals surface area (Å²) in [5, 5.41) is 3.66. The lowest BCUT2D eigenvalue weighted by molar-refractivity contribution is 0.0784. The summed E-state index contributed by atoms with van der Waals surface area (Å²) >= 11 is 0. The molecule has 3 heteroatoms. The summed E-state index contributed by atoms with van der Waals surface area (Å²) in [6, 6.07) is 0. The fraction of sp³-hybridized carbons (Fsp3) is 1.00. The van der Waals surface area contributed by atoms with Gasteiger partial charge in [-0.2, -0.15) is 0 Å². The Bertz CT molecular complexity index is 230. The van der Waals surface area contributed by atoms with Gasteiger partial charge in [0, 0.05) is 39.3 Å². The average molecular weight is 284 g/mol. The molecule has 0 aromatic rings. The minimum absolute atomic E-state index is 0.474. The first-order valence-corrected chi connectivity index (χ1v) is 8.85. The minimum atomic E-state index is 0.474. The van der Waals surface area contributed by atoms with Gasteiger partial charge in [0.15, 0.2) is 0 Å². The van der Waals surface area contributed by atoms with Gasteiger partial charge in [0.1, 0.15) is 0 Å². The first kappa shape index (κ1) is 17.9. The molecule has 0 unspecified atom stereocenters. The molecule has 20 heavy (non-hydrogen) atoms. The zero-order valence-corrected chi connectivity index (χ0v) is 14.4. The molecule has 1 aliphatic heterocycles. The quantitative estimate of drug-likeness (QED) is 0.622. The second kappa shape index (κ2) is 9.75. The maximum atomic E-state index is 3.66. The summed E-state index contributed by atoms with van der Waals surface area (Å²) in [5.41, 5.74) is 0.474. The molecule has 0 spiro atoms. The maximum Gasteiger partial charge on any atom is 0.0110 e. The van der Waals surface area contributed by atoms with Crippen LogP contribution < -0.4 is 5.32 Å². The van der Waals surface area contributed by atoms with E-state index < -0.39 is 0 Å². The molecule has 0 aliphatic carbocycles. The predicted molar refractivity (Wildman–Crippen MR) is 89.3 cm³/mol. The van der Waals surface area contributed by atoms with Crippen LogP contribution in [0.2, 0.25) is 0 Å². The lowest BCUT2D eigenvalue weighted by Gasteiger charge is -2.41. The number of nitrogens with zero attached hydrogens (tertiary/aromatic N) is 2. The third-order valence-corrected chi connectivity index (χ3v) is 4.99. The highest BCUT2D eigenvalue weighted by molar-refractivity contribution is 4.85. The standard InChI is InChI=1S/C17H37N3/c1-5-9-18-15-17(7-3,8-4)16-20-13-11-19(10-6-2)12-14-20/h18H,5-16H2,1-4H3. The minimum Gasteiger partial charge on any atom is -0.316 e. The van der Waals surface area contributed by atoms with E-state index in [1.165, 1.54) is 71.5 Å². The highest BCUT2D eigenvalue weighted by Crippen LogP contribution is 2.27. The van der Waals surface area contributed by atoms with Gasteiger partial charge in [-0.05, 0) is 44.2 Å². The van der Waals surface area contributed by atoms with Gasteiger partial charge in [0.25, 0.3) is 0 Å². The number of hydrogen-bond donors (Lipinski definition) is 1. The highest BCUT2D eigenvalue weighted by Gasteiger charge is 2.29. The van der Waals surface area contributed by atoms with Crippen molar-refractivity contribution in [3.05, 3.63) is 0 Å². The Labute approximate surface area is 127 Å². The lowest BCUT2D eigenvalue weighted by atomic mass is 9.81. The van der Waals surface area contributed by atoms with Crippen molar-refractivity contribution in [2.45, 2.75) is 53.4 Å². The topological polar surface area (TPSA) is 18.5 Å². The van der Waals surface area contributed by atoms with Crippen LogP contribution in [0.3, 0.4) is 0 Å². The van der Waals surface area contributed by atoms with Crippen molar-refractivity contribution in [3.8, 4) is 0 Å². The smallest absolute Gasteiger partial charge is 0.0110 e. The van der Waals surface area contributed by atoms with E-state index in [9.17, 15) is 0 Å². The van der Waals surface area contributed by atoms with Crippen molar-refractivity contribution in [1.29, 1.82) is 0 Å². The van der Waals surface area contributed by atoms with Gasteiger partial charge in [0.2, 0.25) is 0 Å². The van der Waals surface area contributed by atoms with Crippen molar-refractivity contribution in [2.75, 3.05) is 52.4 Å². The molecule has 1 rings (SSSR count). The molecular formula is C17H37N3. The first-order chi connectivity index (χ1) is 9.69. The largest absolute Gasteiger partial charge is 0.316 e. The molecule has 0 saturated carbocycles. The van der Waals surface area contributed by atoms with Crippen LogP contribution in [0.25, 0.3) is 0 Å². The molecule has 1 heterocycles. The molecule has 120 valence electrons. The van der Waals surface area contributed by atoms with Gasteiger partial charge >= 0.3 is 0 Å². The SMILES string of the molecule is CCCNCC(CC)(CC)CN1CCN(CCC)CC1. The third-order valence-electron chi connectivity index (χ3n) is 4.99. The van der Waals surface area contributed by atoms with Crippen LogP contribution in [0, 0.1) is 5.41 Å². The molecule has 1 fully saturated rings. The lowest BCUT2D eigenvalue weighted by Crippen LogP contribution is -2.51. The molecule has 0 aromatic heterocycles. The monoisotopic (exact) mass is 283 g/mol. The molecule has 3 nitrogen and oxygen atoms in total. The molecular weight excluding hydrogens is 246 g/mol. The molecule has 1 saturated heterocycles. The highest BCUT2D eigenvalue weighted by atomic mass is 15.3. The summed E-state index contributed by atoms with van der Waals surface area (Å²) in [5.74, 6) is 0. The Morgan fingerprint density at radius 1 is 0.850 bits per heavy atom. The fourth-order valence-corrected chi connectivity index (χ4v) is 3.27. The van der Waals surface area contributed by atoms with E-state index in [4.69, 9.17) is 0 Å². The van der Waals surface area contributed by atoms with E-state index in [0.717, 1.165) is 6.54 Å². The van der Waals surface area contributed by atoms with Crippen LogP contribution in [0.1, 0.15) is 53.4 Å². The molecule has 0 atom stereocenters. The Morgan fingerprint density at radius 3 is 1.95 bits per heavy atom. The van der Waals surface area contributed by atoms with Crippen molar-refractivity contribution in [1.82, 2.24) is 15.1 Å². The second-order valence-electron chi connectivity index (χ2n) is 6.50. The van der Waals surface area contributed by atoms with Crippen LogP contribution in [0.5, 0.6) is 0 Å². The zero-order valence-electron chi connectivity index (χ0n) is 14.4. The Kier molecular flexibility index (Phi) is 8.74. The zero-order chi connectivity index (χ0) is 14.8. The maximum absolute atomic E-state index is 3.66. The molecule has 0 aromatic carbocycles. The molecule has 0 bridgehead atoms. The Morgan fingerprint density at radius 2 is 1.45 bits per heavy atom. The van der Waals surface area contributed by atoms with Crippen LogP contribution in [0.15, 0.2) is 0 Å². The van der Waals surface area contributed by atoms with Crippen LogP contribution in [-0.4, -0.2) is 62.2 Å². The molecule has 0 radical (unpaired) electrons. The van der Waals surface area contributed by atoms with E-state index >= 15 is 0 Å². The summed E-state index contributed by atoms with van der Waals surface area (Å²) in [7, 11) is 0. The van der Waals surface area contributed by atoms with E-state index in [1.807, 2.05) is 0 Å².